The van der Waals surface area contributed by atoms with E-state index in [0.29, 0.717) is 30.6 Å². The van der Waals surface area contributed by atoms with Gasteiger partial charge in [0.25, 0.3) is 0 Å². The molecular formula is C19H25N3O3S. The maximum absolute atomic E-state index is 10.7. The average Bonchev–Trinajstić information content (AvgIpc) is 2.99. The molecule has 7 heteroatoms. The molecule has 0 atom stereocenters. The number of rotatable bonds is 11. The highest BCUT2D eigenvalue weighted by atomic mass is 32.2. The van der Waals surface area contributed by atoms with Crippen molar-refractivity contribution in [2.75, 3.05) is 12.4 Å². The minimum absolute atomic E-state index is 0.0369. The van der Waals surface area contributed by atoms with Gasteiger partial charge < -0.3 is 14.4 Å². The van der Waals surface area contributed by atoms with Gasteiger partial charge in [-0.1, -0.05) is 43.8 Å². The first-order valence-electron chi connectivity index (χ1n) is 8.61. The summed E-state index contributed by atoms with van der Waals surface area (Å²) in [7, 11) is 0. The van der Waals surface area contributed by atoms with Crippen molar-refractivity contribution in [1.29, 1.82) is 0 Å². The molecule has 6 nitrogen and oxygen atoms in total. The van der Waals surface area contributed by atoms with Gasteiger partial charge in [0.05, 0.1) is 12.4 Å². The Labute approximate surface area is 158 Å². The Balaban J connectivity index is 1.86. The van der Waals surface area contributed by atoms with Crippen molar-refractivity contribution in [2.45, 2.75) is 44.3 Å². The zero-order valence-electron chi connectivity index (χ0n) is 15.2. The van der Waals surface area contributed by atoms with E-state index in [0.717, 1.165) is 18.0 Å². The molecule has 0 amide bonds. The number of allylic oxidation sites excluding steroid dienone is 1. The van der Waals surface area contributed by atoms with Crippen LogP contribution in [0.5, 0.6) is 5.75 Å². The predicted molar refractivity (Wildman–Crippen MR) is 103 cm³/mol. The van der Waals surface area contributed by atoms with Gasteiger partial charge >= 0.3 is 5.97 Å². The van der Waals surface area contributed by atoms with Crippen LogP contribution in [0.1, 0.15) is 37.6 Å². The number of aromatic nitrogens is 3. The molecule has 0 radical (unpaired) electrons. The monoisotopic (exact) mass is 375 g/mol. The minimum atomic E-state index is -0.874. The number of thioether (sulfide) groups is 1. The second-order valence-corrected chi connectivity index (χ2v) is 7.10. The van der Waals surface area contributed by atoms with E-state index in [-0.39, 0.29) is 5.75 Å². The highest BCUT2D eigenvalue weighted by molar-refractivity contribution is 7.99. The van der Waals surface area contributed by atoms with Crippen LogP contribution in [0.3, 0.4) is 0 Å². The number of ether oxygens (including phenoxy) is 1. The van der Waals surface area contributed by atoms with Gasteiger partial charge in [0.15, 0.2) is 5.16 Å². The van der Waals surface area contributed by atoms with Crippen LogP contribution in [-0.2, 0) is 17.8 Å². The van der Waals surface area contributed by atoms with E-state index in [1.807, 2.05) is 16.7 Å². The molecule has 140 valence electrons. The molecule has 0 unspecified atom stereocenters. The second-order valence-electron chi connectivity index (χ2n) is 6.16. The number of hydrogen-bond acceptors (Lipinski definition) is 5. The summed E-state index contributed by atoms with van der Waals surface area (Å²) in [6.07, 6.45) is 3.26. The van der Waals surface area contributed by atoms with Gasteiger partial charge in [-0.15, -0.1) is 16.8 Å². The quantitative estimate of drug-likeness (QED) is 0.366. The zero-order chi connectivity index (χ0) is 18.9. The van der Waals surface area contributed by atoms with Crippen molar-refractivity contribution in [2.24, 2.45) is 0 Å². The van der Waals surface area contributed by atoms with Crippen molar-refractivity contribution >= 4 is 17.7 Å². The zero-order valence-corrected chi connectivity index (χ0v) is 16.0. The number of hydrogen-bond donors (Lipinski definition) is 1. The summed E-state index contributed by atoms with van der Waals surface area (Å²) >= 11 is 1.17. The molecule has 0 spiro atoms. The molecule has 2 rings (SSSR count). The summed E-state index contributed by atoms with van der Waals surface area (Å²) in [6.45, 7) is 9.21. The molecule has 0 bridgehead atoms. The molecule has 1 aromatic heterocycles. The van der Waals surface area contributed by atoms with Crippen LogP contribution in [0.25, 0.3) is 0 Å². The fraction of sp³-hybridized carbons (Fsp3) is 0.421. The van der Waals surface area contributed by atoms with Gasteiger partial charge in [-0.05, 0) is 30.0 Å². The summed E-state index contributed by atoms with van der Waals surface area (Å²) in [5.41, 5.74) is 1.29. The lowest BCUT2D eigenvalue weighted by Crippen LogP contribution is -2.07. The van der Waals surface area contributed by atoms with Crippen LogP contribution in [0.15, 0.2) is 42.1 Å². The molecule has 2 aromatic rings. The summed E-state index contributed by atoms with van der Waals surface area (Å²) < 4.78 is 7.69. The van der Waals surface area contributed by atoms with Gasteiger partial charge in [-0.25, -0.2) is 0 Å². The first kappa shape index (κ1) is 20.0. The van der Waals surface area contributed by atoms with E-state index in [2.05, 4.69) is 42.8 Å². The molecule has 0 saturated carbocycles. The van der Waals surface area contributed by atoms with Crippen LogP contribution < -0.4 is 4.74 Å². The van der Waals surface area contributed by atoms with Crippen LogP contribution in [0.2, 0.25) is 0 Å². The Hall–Kier alpha value is -2.28. The lowest BCUT2D eigenvalue weighted by molar-refractivity contribution is -0.133. The van der Waals surface area contributed by atoms with Crippen LogP contribution >= 0.6 is 11.8 Å². The number of carbonyl (C=O) groups is 1. The Morgan fingerprint density at radius 1 is 1.35 bits per heavy atom. The molecular weight excluding hydrogens is 350 g/mol. The maximum Gasteiger partial charge on any atom is 0.313 e. The van der Waals surface area contributed by atoms with Crippen molar-refractivity contribution in [3.63, 3.8) is 0 Å². The Bertz CT molecular complexity index is 726. The first-order chi connectivity index (χ1) is 12.5. The molecule has 26 heavy (non-hydrogen) atoms. The van der Waals surface area contributed by atoms with Gasteiger partial charge in [-0.2, -0.15) is 0 Å². The predicted octanol–water partition coefficient (Wildman–Crippen LogP) is 3.78. The summed E-state index contributed by atoms with van der Waals surface area (Å²) in [5.74, 6) is 1.27. The maximum atomic E-state index is 10.7. The third-order valence-electron chi connectivity index (χ3n) is 3.79. The standard InChI is InChI=1S/C19H25N3O3S/c1-4-11-22-17(20-21-19(22)26-13-18(23)24)6-5-12-25-16-9-7-15(8-10-16)14(2)3/h4,7-10,14H,1,5-6,11-13H2,2-3H3,(H,23,24). The third-order valence-corrected chi connectivity index (χ3v) is 4.74. The van der Waals surface area contributed by atoms with E-state index in [4.69, 9.17) is 9.84 Å². The second kappa shape index (κ2) is 10.0. The van der Waals surface area contributed by atoms with E-state index in [9.17, 15) is 4.79 Å². The van der Waals surface area contributed by atoms with Crippen LogP contribution in [-0.4, -0.2) is 38.2 Å². The van der Waals surface area contributed by atoms with Gasteiger partial charge in [0, 0.05) is 13.0 Å². The van der Waals surface area contributed by atoms with Gasteiger partial charge in [-0.3, -0.25) is 4.79 Å². The first-order valence-corrected chi connectivity index (χ1v) is 9.60. The molecule has 1 heterocycles. The third kappa shape index (κ3) is 5.91. The number of nitrogens with zero attached hydrogens (tertiary/aromatic N) is 3. The number of benzene rings is 1. The molecule has 0 aliphatic heterocycles. The topological polar surface area (TPSA) is 77.2 Å². The van der Waals surface area contributed by atoms with Crippen molar-refractivity contribution in [1.82, 2.24) is 14.8 Å². The van der Waals surface area contributed by atoms with E-state index >= 15 is 0 Å². The highest BCUT2D eigenvalue weighted by Crippen LogP contribution is 2.20. The number of carboxylic acid groups (broad SMARTS) is 1. The average molecular weight is 375 g/mol. The molecule has 0 aliphatic rings. The highest BCUT2D eigenvalue weighted by Gasteiger charge is 2.13. The SMILES string of the molecule is C=CCn1c(CCCOc2ccc(C(C)C)cc2)nnc1SCC(=O)O. The number of aryl methyl sites for hydroxylation is 1. The Kier molecular flexibility index (Phi) is 7.72. The smallest absolute Gasteiger partial charge is 0.313 e. The molecule has 0 aliphatic carbocycles. The van der Waals surface area contributed by atoms with Gasteiger partial charge in [0.2, 0.25) is 0 Å². The van der Waals surface area contributed by atoms with Crippen LogP contribution in [0.4, 0.5) is 0 Å². The normalized spacial score (nSPS) is 10.9. The lowest BCUT2D eigenvalue weighted by Gasteiger charge is -2.09. The lowest BCUT2D eigenvalue weighted by atomic mass is 10.0. The van der Waals surface area contributed by atoms with Crippen LogP contribution in [0, 0.1) is 0 Å². The fourth-order valence-electron chi connectivity index (χ4n) is 2.42. The van der Waals surface area contributed by atoms with Gasteiger partial charge in [0.1, 0.15) is 11.6 Å². The van der Waals surface area contributed by atoms with E-state index in [1.165, 1.54) is 17.3 Å². The number of aliphatic carboxylic acids is 1. The Morgan fingerprint density at radius 3 is 2.69 bits per heavy atom. The largest absolute Gasteiger partial charge is 0.494 e. The molecule has 1 aromatic carbocycles. The van der Waals surface area contributed by atoms with Crippen molar-refractivity contribution < 1.29 is 14.6 Å². The summed E-state index contributed by atoms with van der Waals surface area (Å²) in [5, 5.41) is 17.7. The number of carboxylic acids is 1. The molecule has 0 fully saturated rings. The molecule has 1 N–H and O–H groups in total. The summed E-state index contributed by atoms with van der Waals surface area (Å²) in [4.78, 5) is 10.7. The Morgan fingerprint density at radius 2 is 2.08 bits per heavy atom. The fourth-order valence-corrected chi connectivity index (χ4v) is 3.11. The van der Waals surface area contributed by atoms with E-state index < -0.39 is 5.97 Å². The van der Waals surface area contributed by atoms with Crippen molar-refractivity contribution in [3.8, 4) is 5.75 Å². The summed E-state index contributed by atoms with van der Waals surface area (Å²) in [6, 6.07) is 8.17. The molecule has 0 saturated heterocycles. The minimum Gasteiger partial charge on any atom is -0.494 e. The van der Waals surface area contributed by atoms with E-state index in [1.54, 1.807) is 6.08 Å². The van der Waals surface area contributed by atoms with Crippen molar-refractivity contribution in [3.05, 3.63) is 48.3 Å².